The van der Waals surface area contributed by atoms with Gasteiger partial charge < -0.3 is 19.5 Å². The number of amides is 1. The highest BCUT2D eigenvalue weighted by molar-refractivity contribution is 5.92. The van der Waals surface area contributed by atoms with E-state index in [4.69, 9.17) is 14.2 Å². The van der Waals surface area contributed by atoms with Crippen molar-refractivity contribution >= 4 is 17.6 Å². The number of methoxy groups -OCH3 is 1. The molecule has 0 aromatic heterocycles. The maximum absolute atomic E-state index is 11.8. The van der Waals surface area contributed by atoms with Crippen molar-refractivity contribution in [2.24, 2.45) is 0 Å². The molecule has 0 heterocycles. The normalized spacial score (nSPS) is 10.0. The quantitative estimate of drug-likeness (QED) is 0.783. The first-order valence-corrected chi connectivity index (χ1v) is 7.77. The van der Waals surface area contributed by atoms with Crippen LogP contribution in [-0.2, 0) is 14.3 Å². The van der Waals surface area contributed by atoms with E-state index in [2.05, 4.69) is 5.32 Å². The van der Waals surface area contributed by atoms with Gasteiger partial charge in [-0.2, -0.15) is 0 Å². The van der Waals surface area contributed by atoms with Gasteiger partial charge in [-0.15, -0.1) is 0 Å². The molecule has 0 saturated heterocycles. The van der Waals surface area contributed by atoms with Crippen LogP contribution in [-0.4, -0.2) is 32.2 Å². The van der Waals surface area contributed by atoms with E-state index in [1.165, 1.54) is 0 Å². The SMILES string of the molecule is COc1ccc(NC(=O)COC(=O)COc2ccc(C)c(C)c2)cc1. The number of carbonyl (C=O) groups excluding carboxylic acids is 2. The number of ether oxygens (including phenoxy) is 3. The smallest absolute Gasteiger partial charge is 0.344 e. The molecule has 0 saturated carbocycles. The van der Waals surface area contributed by atoms with Gasteiger partial charge in [-0.3, -0.25) is 4.79 Å². The lowest BCUT2D eigenvalue weighted by Crippen LogP contribution is -2.23. The average Bonchev–Trinajstić information content (AvgIpc) is 2.61. The summed E-state index contributed by atoms with van der Waals surface area (Å²) >= 11 is 0. The van der Waals surface area contributed by atoms with Crippen molar-refractivity contribution in [3.05, 3.63) is 53.6 Å². The fraction of sp³-hybridized carbons (Fsp3) is 0.263. The number of nitrogens with one attached hydrogen (secondary N) is 1. The predicted molar refractivity (Wildman–Crippen MR) is 94.0 cm³/mol. The number of aryl methyl sites for hydroxylation is 2. The van der Waals surface area contributed by atoms with E-state index in [0.717, 1.165) is 11.1 Å². The minimum Gasteiger partial charge on any atom is -0.497 e. The number of esters is 1. The summed E-state index contributed by atoms with van der Waals surface area (Å²) < 4.78 is 15.3. The van der Waals surface area contributed by atoms with Crippen LogP contribution in [0.2, 0.25) is 0 Å². The Balaban J connectivity index is 1.73. The van der Waals surface area contributed by atoms with Gasteiger partial charge in [0.15, 0.2) is 13.2 Å². The molecule has 2 aromatic carbocycles. The lowest BCUT2D eigenvalue weighted by molar-refractivity contribution is -0.149. The first kappa shape index (κ1) is 18.3. The highest BCUT2D eigenvalue weighted by Crippen LogP contribution is 2.16. The molecule has 6 nitrogen and oxygen atoms in total. The van der Waals surface area contributed by atoms with Gasteiger partial charge in [-0.05, 0) is 61.4 Å². The molecule has 0 unspecified atom stereocenters. The number of benzene rings is 2. The van der Waals surface area contributed by atoms with Crippen LogP contribution in [0.5, 0.6) is 11.5 Å². The minimum absolute atomic E-state index is 0.252. The second kappa shape index (κ2) is 8.73. The summed E-state index contributed by atoms with van der Waals surface area (Å²) in [6.45, 7) is 3.33. The predicted octanol–water partition coefficient (Wildman–Crippen LogP) is 2.87. The molecule has 0 spiro atoms. The van der Waals surface area contributed by atoms with Crippen molar-refractivity contribution in [1.82, 2.24) is 0 Å². The first-order valence-electron chi connectivity index (χ1n) is 7.77. The van der Waals surface area contributed by atoms with Crippen molar-refractivity contribution in [3.63, 3.8) is 0 Å². The van der Waals surface area contributed by atoms with Crippen LogP contribution in [0.1, 0.15) is 11.1 Å². The van der Waals surface area contributed by atoms with E-state index >= 15 is 0 Å². The van der Waals surface area contributed by atoms with E-state index in [0.29, 0.717) is 17.2 Å². The Morgan fingerprint density at radius 2 is 1.60 bits per heavy atom. The Kier molecular flexibility index (Phi) is 6.39. The van der Waals surface area contributed by atoms with Crippen LogP contribution in [0.25, 0.3) is 0 Å². The van der Waals surface area contributed by atoms with Crippen molar-refractivity contribution in [2.45, 2.75) is 13.8 Å². The van der Waals surface area contributed by atoms with Gasteiger partial charge in [-0.25, -0.2) is 4.79 Å². The van der Waals surface area contributed by atoms with Crippen LogP contribution in [0.4, 0.5) is 5.69 Å². The Morgan fingerprint density at radius 3 is 2.24 bits per heavy atom. The van der Waals surface area contributed by atoms with Crippen LogP contribution in [0.3, 0.4) is 0 Å². The molecule has 25 heavy (non-hydrogen) atoms. The number of carbonyl (C=O) groups is 2. The second-order valence-corrected chi connectivity index (χ2v) is 5.47. The third-order valence-corrected chi connectivity index (χ3v) is 3.57. The summed E-state index contributed by atoms with van der Waals surface area (Å²) in [5.74, 6) is 0.239. The molecule has 0 aliphatic heterocycles. The van der Waals surface area contributed by atoms with E-state index < -0.39 is 11.9 Å². The lowest BCUT2D eigenvalue weighted by Gasteiger charge is -2.09. The molecule has 2 rings (SSSR count). The summed E-state index contributed by atoms with van der Waals surface area (Å²) in [7, 11) is 1.56. The van der Waals surface area contributed by atoms with Gasteiger partial charge >= 0.3 is 5.97 Å². The second-order valence-electron chi connectivity index (χ2n) is 5.47. The largest absolute Gasteiger partial charge is 0.497 e. The monoisotopic (exact) mass is 343 g/mol. The molecule has 1 amide bonds. The number of hydrogen-bond donors (Lipinski definition) is 1. The van der Waals surface area contributed by atoms with Gasteiger partial charge in [0.25, 0.3) is 5.91 Å². The van der Waals surface area contributed by atoms with E-state index in [1.54, 1.807) is 37.4 Å². The average molecular weight is 343 g/mol. The van der Waals surface area contributed by atoms with Gasteiger partial charge in [0.2, 0.25) is 0 Å². The van der Waals surface area contributed by atoms with Crippen molar-refractivity contribution < 1.29 is 23.8 Å². The standard InChI is InChI=1S/C19H21NO5/c1-13-4-7-17(10-14(13)2)24-12-19(22)25-11-18(21)20-15-5-8-16(23-3)9-6-15/h4-10H,11-12H2,1-3H3,(H,20,21). The maximum Gasteiger partial charge on any atom is 0.344 e. The minimum atomic E-state index is -0.608. The molecule has 0 aliphatic rings. The molecule has 0 bridgehead atoms. The fourth-order valence-corrected chi connectivity index (χ4v) is 2.01. The molecule has 0 aliphatic carbocycles. The van der Waals surface area contributed by atoms with E-state index in [1.807, 2.05) is 26.0 Å². The zero-order valence-corrected chi connectivity index (χ0v) is 14.5. The summed E-state index contributed by atoms with van der Waals surface area (Å²) in [5.41, 5.74) is 2.81. The van der Waals surface area contributed by atoms with Gasteiger partial charge in [0.05, 0.1) is 7.11 Å². The Labute approximate surface area is 146 Å². The maximum atomic E-state index is 11.8. The molecule has 0 fully saturated rings. The number of hydrogen-bond acceptors (Lipinski definition) is 5. The molecule has 2 aromatic rings. The fourth-order valence-electron chi connectivity index (χ4n) is 2.01. The lowest BCUT2D eigenvalue weighted by atomic mass is 10.1. The first-order chi connectivity index (χ1) is 12.0. The number of anilines is 1. The molecule has 0 radical (unpaired) electrons. The topological polar surface area (TPSA) is 73.9 Å². The summed E-state index contributed by atoms with van der Waals surface area (Å²) in [6.07, 6.45) is 0. The zero-order valence-electron chi connectivity index (χ0n) is 14.5. The van der Waals surface area contributed by atoms with Gasteiger partial charge in [0.1, 0.15) is 11.5 Å². The summed E-state index contributed by atoms with van der Waals surface area (Å²) in [6, 6.07) is 12.4. The summed E-state index contributed by atoms with van der Waals surface area (Å²) in [5, 5.41) is 2.62. The molecular weight excluding hydrogens is 322 g/mol. The van der Waals surface area contributed by atoms with Crippen LogP contribution in [0, 0.1) is 13.8 Å². The molecule has 0 atom stereocenters. The van der Waals surface area contributed by atoms with Gasteiger partial charge in [-0.1, -0.05) is 6.07 Å². The van der Waals surface area contributed by atoms with Crippen molar-refractivity contribution in [1.29, 1.82) is 0 Å². The van der Waals surface area contributed by atoms with E-state index in [-0.39, 0.29) is 13.2 Å². The molecular formula is C19H21NO5. The van der Waals surface area contributed by atoms with Gasteiger partial charge in [0, 0.05) is 5.69 Å². The van der Waals surface area contributed by atoms with Crippen molar-refractivity contribution in [3.8, 4) is 11.5 Å². The Morgan fingerprint density at radius 1 is 0.920 bits per heavy atom. The molecule has 6 heteroatoms. The Bertz CT molecular complexity index is 740. The van der Waals surface area contributed by atoms with Crippen LogP contribution in [0.15, 0.2) is 42.5 Å². The third-order valence-electron chi connectivity index (χ3n) is 3.57. The zero-order chi connectivity index (χ0) is 18.2. The number of rotatable bonds is 7. The van der Waals surface area contributed by atoms with Crippen LogP contribution >= 0.6 is 0 Å². The highest BCUT2D eigenvalue weighted by Gasteiger charge is 2.09. The summed E-state index contributed by atoms with van der Waals surface area (Å²) in [4.78, 5) is 23.4. The third kappa shape index (κ3) is 5.84. The Hall–Kier alpha value is -3.02. The molecule has 132 valence electrons. The van der Waals surface area contributed by atoms with Crippen molar-refractivity contribution in [2.75, 3.05) is 25.6 Å². The van der Waals surface area contributed by atoms with E-state index in [9.17, 15) is 9.59 Å². The highest BCUT2D eigenvalue weighted by atomic mass is 16.6. The van der Waals surface area contributed by atoms with Crippen LogP contribution < -0.4 is 14.8 Å². The molecule has 1 N–H and O–H groups in total.